The highest BCUT2D eigenvalue weighted by Crippen LogP contribution is 2.27. The number of imidazole rings is 1. The molecule has 18 heavy (non-hydrogen) atoms. The number of benzene rings is 1. The molecule has 0 radical (unpaired) electrons. The van der Waals surface area contributed by atoms with Gasteiger partial charge in [-0.1, -0.05) is 0 Å². The number of phenolic OH excluding ortho intramolecular Hbond substituents is 1. The first-order valence-electron chi connectivity index (χ1n) is 5.43. The Hall–Kier alpha value is -2.63. The van der Waals surface area contributed by atoms with Crippen molar-refractivity contribution in [2.75, 3.05) is 5.73 Å². The van der Waals surface area contributed by atoms with Crippen LogP contribution in [0.25, 0.3) is 22.3 Å². The van der Waals surface area contributed by atoms with Crippen molar-refractivity contribution < 1.29 is 5.11 Å². The summed E-state index contributed by atoms with van der Waals surface area (Å²) >= 11 is 0. The standard InChI is InChI=1S/C12H12N4O2/c1-16-11(13)10(15-12(16)18)9-5-6-4-7(17)2-3-8(6)14-9/h2-5,14,17H,13H2,1H3,(H,15,18). The van der Waals surface area contributed by atoms with Crippen LogP contribution in [0.4, 0.5) is 5.82 Å². The molecule has 0 unspecified atom stereocenters. The highest BCUT2D eigenvalue weighted by atomic mass is 16.3. The Bertz CT molecular complexity index is 794. The van der Waals surface area contributed by atoms with E-state index in [0.717, 1.165) is 10.9 Å². The van der Waals surface area contributed by atoms with E-state index in [1.165, 1.54) is 4.57 Å². The number of fused-ring (bicyclic) bond motifs is 1. The van der Waals surface area contributed by atoms with Crippen molar-refractivity contribution >= 4 is 16.7 Å². The zero-order chi connectivity index (χ0) is 12.9. The molecule has 0 aliphatic heterocycles. The van der Waals surface area contributed by atoms with Gasteiger partial charge in [-0.3, -0.25) is 4.57 Å². The summed E-state index contributed by atoms with van der Waals surface area (Å²) in [6.45, 7) is 0. The maximum atomic E-state index is 11.5. The van der Waals surface area contributed by atoms with E-state index in [2.05, 4.69) is 9.97 Å². The molecule has 92 valence electrons. The SMILES string of the molecule is Cn1c(N)c(-c2cc3cc(O)ccc3[nH]2)[nH]c1=O. The smallest absolute Gasteiger partial charge is 0.327 e. The molecule has 0 saturated carbocycles. The predicted octanol–water partition coefficient (Wildman–Crippen LogP) is 1.15. The largest absolute Gasteiger partial charge is 0.508 e. The number of aromatic hydroxyl groups is 1. The molecule has 0 bridgehead atoms. The van der Waals surface area contributed by atoms with E-state index in [9.17, 15) is 9.90 Å². The average molecular weight is 244 g/mol. The number of H-pyrrole nitrogens is 2. The molecular formula is C12H12N4O2. The fourth-order valence-electron chi connectivity index (χ4n) is 1.99. The second-order valence-electron chi connectivity index (χ2n) is 4.20. The lowest BCUT2D eigenvalue weighted by Gasteiger charge is -1.96. The van der Waals surface area contributed by atoms with Crippen LogP contribution in [0.3, 0.4) is 0 Å². The van der Waals surface area contributed by atoms with Crippen LogP contribution >= 0.6 is 0 Å². The Morgan fingerprint density at radius 3 is 2.72 bits per heavy atom. The lowest BCUT2D eigenvalue weighted by Crippen LogP contribution is -2.13. The maximum absolute atomic E-state index is 11.5. The zero-order valence-corrected chi connectivity index (χ0v) is 9.69. The monoisotopic (exact) mass is 244 g/mol. The number of nitrogen functional groups attached to an aromatic ring is 1. The number of hydrogen-bond acceptors (Lipinski definition) is 3. The van der Waals surface area contributed by atoms with Crippen molar-refractivity contribution in [1.29, 1.82) is 0 Å². The van der Waals surface area contributed by atoms with Gasteiger partial charge in [-0.15, -0.1) is 0 Å². The quantitative estimate of drug-likeness (QED) is 0.516. The van der Waals surface area contributed by atoms with Gasteiger partial charge in [-0.25, -0.2) is 4.79 Å². The summed E-state index contributed by atoms with van der Waals surface area (Å²) in [4.78, 5) is 17.3. The van der Waals surface area contributed by atoms with Gasteiger partial charge < -0.3 is 20.8 Å². The van der Waals surface area contributed by atoms with E-state index in [4.69, 9.17) is 5.73 Å². The fourth-order valence-corrected chi connectivity index (χ4v) is 1.99. The summed E-state index contributed by atoms with van der Waals surface area (Å²) in [6, 6.07) is 6.84. The van der Waals surface area contributed by atoms with Gasteiger partial charge in [0.1, 0.15) is 17.3 Å². The minimum Gasteiger partial charge on any atom is -0.508 e. The van der Waals surface area contributed by atoms with Gasteiger partial charge in [0.2, 0.25) is 0 Å². The summed E-state index contributed by atoms with van der Waals surface area (Å²) < 4.78 is 1.35. The number of hydrogen-bond donors (Lipinski definition) is 4. The zero-order valence-electron chi connectivity index (χ0n) is 9.69. The van der Waals surface area contributed by atoms with Crippen molar-refractivity contribution in [3.63, 3.8) is 0 Å². The molecule has 5 N–H and O–H groups in total. The van der Waals surface area contributed by atoms with Crippen molar-refractivity contribution in [2.24, 2.45) is 7.05 Å². The Balaban J connectivity index is 2.25. The van der Waals surface area contributed by atoms with E-state index < -0.39 is 0 Å². The molecule has 2 heterocycles. The number of anilines is 1. The molecule has 3 aromatic rings. The van der Waals surface area contributed by atoms with Crippen LogP contribution < -0.4 is 11.4 Å². The molecule has 0 saturated heterocycles. The van der Waals surface area contributed by atoms with Crippen LogP contribution in [-0.4, -0.2) is 19.6 Å². The summed E-state index contributed by atoms with van der Waals surface area (Å²) in [5, 5.41) is 10.3. The summed E-state index contributed by atoms with van der Waals surface area (Å²) in [7, 11) is 1.60. The van der Waals surface area contributed by atoms with Gasteiger partial charge in [0, 0.05) is 18.0 Å². The third-order valence-electron chi connectivity index (χ3n) is 3.03. The lowest BCUT2D eigenvalue weighted by atomic mass is 10.2. The molecular weight excluding hydrogens is 232 g/mol. The summed E-state index contributed by atoms with van der Waals surface area (Å²) in [5.74, 6) is 0.568. The number of rotatable bonds is 1. The molecule has 1 aromatic carbocycles. The van der Waals surface area contributed by atoms with Gasteiger partial charge in [0.15, 0.2) is 0 Å². The van der Waals surface area contributed by atoms with Crippen LogP contribution in [-0.2, 0) is 7.05 Å². The molecule has 0 aliphatic rings. The lowest BCUT2D eigenvalue weighted by molar-refractivity contribution is 0.476. The minimum absolute atomic E-state index is 0.197. The van der Waals surface area contributed by atoms with E-state index in [1.807, 2.05) is 6.07 Å². The predicted molar refractivity (Wildman–Crippen MR) is 69.4 cm³/mol. The van der Waals surface area contributed by atoms with E-state index >= 15 is 0 Å². The molecule has 0 fully saturated rings. The Kier molecular flexibility index (Phi) is 2.00. The summed E-state index contributed by atoms with van der Waals surface area (Å²) in [6.07, 6.45) is 0. The Morgan fingerprint density at radius 2 is 2.06 bits per heavy atom. The van der Waals surface area contributed by atoms with Crippen molar-refractivity contribution in [3.05, 3.63) is 34.7 Å². The Labute approximate surface area is 102 Å². The molecule has 6 heteroatoms. The van der Waals surface area contributed by atoms with E-state index in [0.29, 0.717) is 17.2 Å². The van der Waals surface area contributed by atoms with E-state index in [-0.39, 0.29) is 11.4 Å². The van der Waals surface area contributed by atoms with E-state index in [1.54, 1.807) is 25.2 Å². The molecule has 0 atom stereocenters. The molecule has 2 aromatic heterocycles. The first-order chi connectivity index (χ1) is 8.56. The average Bonchev–Trinajstić information content (AvgIpc) is 2.85. The number of nitrogens with two attached hydrogens (primary N) is 1. The molecule has 0 amide bonds. The first-order valence-corrected chi connectivity index (χ1v) is 5.43. The number of nitrogens with one attached hydrogen (secondary N) is 2. The second-order valence-corrected chi connectivity index (χ2v) is 4.20. The molecule has 3 rings (SSSR count). The first kappa shape index (κ1) is 10.5. The van der Waals surface area contributed by atoms with Gasteiger partial charge in [0.05, 0.1) is 5.69 Å². The second kappa shape index (κ2) is 3.43. The maximum Gasteiger partial charge on any atom is 0.327 e. The number of aromatic amines is 2. The van der Waals surface area contributed by atoms with Gasteiger partial charge >= 0.3 is 5.69 Å². The van der Waals surface area contributed by atoms with Crippen LogP contribution in [0, 0.1) is 0 Å². The van der Waals surface area contributed by atoms with Crippen molar-refractivity contribution in [1.82, 2.24) is 14.5 Å². The third-order valence-corrected chi connectivity index (χ3v) is 3.03. The molecule has 6 nitrogen and oxygen atoms in total. The fraction of sp³-hybridized carbons (Fsp3) is 0.0833. The third kappa shape index (κ3) is 1.39. The van der Waals surface area contributed by atoms with Gasteiger partial charge in [-0.05, 0) is 24.3 Å². The molecule has 0 spiro atoms. The van der Waals surface area contributed by atoms with Crippen LogP contribution in [0.1, 0.15) is 0 Å². The van der Waals surface area contributed by atoms with Crippen molar-refractivity contribution in [2.45, 2.75) is 0 Å². The number of phenols is 1. The normalized spacial score (nSPS) is 11.2. The highest BCUT2D eigenvalue weighted by molar-refractivity contribution is 5.87. The topological polar surface area (TPSA) is 99.8 Å². The van der Waals surface area contributed by atoms with Gasteiger partial charge in [-0.2, -0.15) is 0 Å². The number of nitrogens with zero attached hydrogens (tertiary/aromatic N) is 1. The minimum atomic E-state index is -0.260. The Morgan fingerprint density at radius 1 is 1.28 bits per heavy atom. The van der Waals surface area contributed by atoms with Crippen LogP contribution in [0.15, 0.2) is 29.1 Å². The van der Waals surface area contributed by atoms with Crippen LogP contribution in [0.5, 0.6) is 5.75 Å². The highest BCUT2D eigenvalue weighted by Gasteiger charge is 2.12. The molecule has 0 aliphatic carbocycles. The summed E-state index contributed by atoms with van der Waals surface area (Å²) in [5.41, 5.74) is 7.72. The van der Waals surface area contributed by atoms with Crippen molar-refractivity contribution in [3.8, 4) is 17.1 Å². The number of aromatic nitrogens is 3. The van der Waals surface area contributed by atoms with Gasteiger partial charge in [0.25, 0.3) is 0 Å². The van der Waals surface area contributed by atoms with Crippen LogP contribution in [0.2, 0.25) is 0 Å².